The standard InChI is InChI=1S/C28H26N2O7S/c1-3-35-25-16-20(10-13-24(25)37-15-14-36-22-11-8-19(2)9-12-22)17-26-27(31)29(28(32)38-26)18-21-6-4-5-7-23(21)30(33)34/h4-13,16-17H,3,14-15,18H2,1-2H3/b26-17-. The van der Waals surface area contributed by atoms with Crippen molar-refractivity contribution in [3.8, 4) is 17.2 Å². The average molecular weight is 535 g/mol. The Bertz CT molecular complexity index is 1370. The van der Waals surface area contributed by atoms with Gasteiger partial charge in [0.25, 0.3) is 16.8 Å². The highest BCUT2D eigenvalue weighted by atomic mass is 32.2. The summed E-state index contributed by atoms with van der Waals surface area (Å²) < 4.78 is 17.3. The van der Waals surface area contributed by atoms with Crippen LogP contribution in [-0.2, 0) is 11.3 Å². The number of nitro groups is 1. The van der Waals surface area contributed by atoms with E-state index in [2.05, 4.69) is 0 Å². The predicted octanol–water partition coefficient (Wildman–Crippen LogP) is 6.00. The Balaban J connectivity index is 1.43. The van der Waals surface area contributed by atoms with Crippen LogP contribution in [0.5, 0.6) is 17.2 Å². The number of nitro benzene ring substituents is 1. The van der Waals surface area contributed by atoms with Gasteiger partial charge in [-0.1, -0.05) is 42.0 Å². The summed E-state index contributed by atoms with van der Waals surface area (Å²) in [4.78, 5) is 37.5. The van der Waals surface area contributed by atoms with Gasteiger partial charge in [-0.3, -0.25) is 24.6 Å². The van der Waals surface area contributed by atoms with Crippen LogP contribution in [0.25, 0.3) is 6.08 Å². The van der Waals surface area contributed by atoms with E-state index in [0.717, 1.165) is 28.0 Å². The Labute approximate surface area is 224 Å². The molecule has 3 aromatic rings. The molecule has 4 rings (SSSR count). The molecule has 1 heterocycles. The number of hydrogen-bond acceptors (Lipinski definition) is 8. The van der Waals surface area contributed by atoms with E-state index in [0.29, 0.717) is 36.9 Å². The summed E-state index contributed by atoms with van der Waals surface area (Å²) in [6, 6.07) is 19.0. The highest BCUT2D eigenvalue weighted by Crippen LogP contribution is 2.36. The van der Waals surface area contributed by atoms with Crippen molar-refractivity contribution in [2.45, 2.75) is 20.4 Å². The van der Waals surface area contributed by atoms with E-state index in [4.69, 9.17) is 14.2 Å². The quantitative estimate of drug-likeness (QED) is 0.128. The third-order valence-electron chi connectivity index (χ3n) is 5.59. The number of carbonyl (C=O) groups is 2. The van der Waals surface area contributed by atoms with Crippen LogP contribution < -0.4 is 14.2 Å². The van der Waals surface area contributed by atoms with Crippen molar-refractivity contribution >= 4 is 34.7 Å². The van der Waals surface area contributed by atoms with Gasteiger partial charge in [-0.15, -0.1) is 0 Å². The first kappa shape index (κ1) is 26.7. The SMILES string of the molecule is CCOc1cc(/C=C2\SC(=O)N(Cc3ccccc3[N+](=O)[O-])C2=O)ccc1OCCOc1ccc(C)cc1. The zero-order chi connectivity index (χ0) is 27.1. The van der Waals surface area contributed by atoms with Crippen LogP contribution in [0, 0.1) is 17.0 Å². The number of nitrogens with zero attached hydrogens (tertiary/aromatic N) is 2. The lowest BCUT2D eigenvalue weighted by Crippen LogP contribution is -2.27. The molecule has 0 aliphatic carbocycles. The molecule has 38 heavy (non-hydrogen) atoms. The van der Waals surface area contributed by atoms with Crippen molar-refractivity contribution in [1.82, 2.24) is 4.90 Å². The number of para-hydroxylation sites is 1. The lowest BCUT2D eigenvalue weighted by Gasteiger charge is -2.13. The third kappa shape index (κ3) is 6.51. The molecule has 0 radical (unpaired) electrons. The van der Waals surface area contributed by atoms with Crippen molar-refractivity contribution in [1.29, 1.82) is 0 Å². The topological polar surface area (TPSA) is 108 Å². The normalized spacial score (nSPS) is 14.2. The molecular formula is C28H26N2O7S. The highest BCUT2D eigenvalue weighted by molar-refractivity contribution is 8.18. The fraction of sp³-hybridized carbons (Fsp3) is 0.214. The van der Waals surface area contributed by atoms with Gasteiger partial charge in [0, 0.05) is 11.6 Å². The van der Waals surface area contributed by atoms with Gasteiger partial charge < -0.3 is 14.2 Å². The number of amides is 2. The number of aryl methyl sites for hydroxylation is 1. The summed E-state index contributed by atoms with van der Waals surface area (Å²) in [6.45, 7) is 4.74. The van der Waals surface area contributed by atoms with Crippen LogP contribution in [0.2, 0.25) is 0 Å². The zero-order valence-corrected chi connectivity index (χ0v) is 21.7. The summed E-state index contributed by atoms with van der Waals surface area (Å²) in [7, 11) is 0. The van der Waals surface area contributed by atoms with Gasteiger partial charge in [0.05, 0.1) is 23.0 Å². The molecule has 1 saturated heterocycles. The molecule has 0 unspecified atom stereocenters. The molecule has 1 fully saturated rings. The number of thioether (sulfide) groups is 1. The summed E-state index contributed by atoms with van der Waals surface area (Å²) in [5, 5.41) is 10.8. The second-order valence-corrected chi connectivity index (χ2v) is 9.30. The number of hydrogen-bond donors (Lipinski definition) is 0. The largest absolute Gasteiger partial charge is 0.490 e. The number of ether oxygens (including phenoxy) is 3. The van der Waals surface area contributed by atoms with Gasteiger partial charge in [-0.2, -0.15) is 0 Å². The van der Waals surface area contributed by atoms with Crippen molar-refractivity contribution in [2.24, 2.45) is 0 Å². The lowest BCUT2D eigenvalue weighted by atomic mass is 10.1. The maximum Gasteiger partial charge on any atom is 0.293 e. The van der Waals surface area contributed by atoms with Crippen molar-refractivity contribution in [3.63, 3.8) is 0 Å². The van der Waals surface area contributed by atoms with Crippen LogP contribution >= 0.6 is 11.8 Å². The highest BCUT2D eigenvalue weighted by Gasteiger charge is 2.36. The second-order valence-electron chi connectivity index (χ2n) is 8.30. The van der Waals surface area contributed by atoms with E-state index < -0.39 is 16.1 Å². The minimum Gasteiger partial charge on any atom is -0.490 e. The molecule has 9 nitrogen and oxygen atoms in total. The first-order valence-electron chi connectivity index (χ1n) is 11.9. The molecule has 2 amide bonds. The molecule has 10 heteroatoms. The molecule has 3 aromatic carbocycles. The van der Waals surface area contributed by atoms with E-state index in [1.54, 1.807) is 30.3 Å². The molecule has 196 valence electrons. The third-order valence-corrected chi connectivity index (χ3v) is 6.49. The maximum absolute atomic E-state index is 13.0. The van der Waals surface area contributed by atoms with Gasteiger partial charge in [0.2, 0.25) is 0 Å². The minimum absolute atomic E-state index is 0.142. The fourth-order valence-corrected chi connectivity index (χ4v) is 4.57. The van der Waals surface area contributed by atoms with Crippen LogP contribution in [0.1, 0.15) is 23.6 Å². The summed E-state index contributed by atoms with van der Waals surface area (Å²) in [5.41, 5.74) is 1.94. The maximum atomic E-state index is 13.0. The number of rotatable bonds is 11. The molecule has 1 aliphatic rings. The Kier molecular flexibility index (Phi) is 8.65. The fourth-order valence-electron chi connectivity index (χ4n) is 3.73. The number of imide groups is 1. The molecule has 0 atom stereocenters. The Morgan fingerprint density at radius 2 is 1.68 bits per heavy atom. The molecule has 0 saturated carbocycles. The lowest BCUT2D eigenvalue weighted by molar-refractivity contribution is -0.385. The van der Waals surface area contributed by atoms with Crippen molar-refractivity contribution in [3.05, 3.63) is 98.4 Å². The first-order valence-corrected chi connectivity index (χ1v) is 12.7. The molecule has 0 N–H and O–H groups in total. The van der Waals surface area contributed by atoms with Crippen LogP contribution in [-0.4, -0.2) is 40.8 Å². The summed E-state index contributed by atoms with van der Waals surface area (Å²) >= 11 is 0.789. The minimum atomic E-state index is -0.530. The first-order chi connectivity index (χ1) is 18.4. The molecule has 0 spiro atoms. The van der Waals surface area contributed by atoms with Gasteiger partial charge in [0.1, 0.15) is 19.0 Å². The van der Waals surface area contributed by atoms with Crippen molar-refractivity contribution < 1.29 is 28.7 Å². The van der Waals surface area contributed by atoms with E-state index in [9.17, 15) is 19.7 Å². The molecule has 0 bridgehead atoms. The summed E-state index contributed by atoms with van der Waals surface area (Å²) in [5.74, 6) is 1.27. The zero-order valence-electron chi connectivity index (χ0n) is 20.9. The Morgan fingerprint density at radius 3 is 2.42 bits per heavy atom. The van der Waals surface area contributed by atoms with Crippen LogP contribution in [0.4, 0.5) is 10.5 Å². The van der Waals surface area contributed by atoms with Crippen LogP contribution in [0.15, 0.2) is 71.6 Å². The van der Waals surface area contributed by atoms with Gasteiger partial charge in [0.15, 0.2) is 11.5 Å². The average Bonchev–Trinajstić information content (AvgIpc) is 3.16. The van der Waals surface area contributed by atoms with Crippen LogP contribution in [0.3, 0.4) is 0 Å². The second kappa shape index (κ2) is 12.3. The van der Waals surface area contributed by atoms with Gasteiger partial charge in [-0.05, 0) is 61.5 Å². The number of carbonyl (C=O) groups excluding carboxylic acids is 2. The predicted molar refractivity (Wildman–Crippen MR) is 144 cm³/mol. The molecular weight excluding hydrogens is 508 g/mol. The smallest absolute Gasteiger partial charge is 0.293 e. The Morgan fingerprint density at radius 1 is 0.947 bits per heavy atom. The van der Waals surface area contributed by atoms with Crippen molar-refractivity contribution in [2.75, 3.05) is 19.8 Å². The van der Waals surface area contributed by atoms with Gasteiger partial charge >= 0.3 is 0 Å². The van der Waals surface area contributed by atoms with E-state index in [1.165, 1.54) is 18.2 Å². The monoisotopic (exact) mass is 534 g/mol. The van der Waals surface area contributed by atoms with E-state index in [1.807, 2.05) is 38.1 Å². The molecule has 0 aromatic heterocycles. The summed E-state index contributed by atoms with van der Waals surface area (Å²) in [6.07, 6.45) is 1.59. The van der Waals surface area contributed by atoms with Gasteiger partial charge in [-0.25, -0.2) is 0 Å². The number of benzene rings is 3. The van der Waals surface area contributed by atoms with E-state index in [-0.39, 0.29) is 22.7 Å². The Hall–Kier alpha value is -4.31. The van der Waals surface area contributed by atoms with E-state index >= 15 is 0 Å². The molecule has 1 aliphatic heterocycles.